The van der Waals surface area contributed by atoms with Crippen molar-refractivity contribution in [1.82, 2.24) is 5.01 Å². The van der Waals surface area contributed by atoms with Crippen molar-refractivity contribution in [1.29, 1.82) is 0 Å². The summed E-state index contributed by atoms with van der Waals surface area (Å²) in [5.74, 6) is -1.02. The Morgan fingerprint density at radius 2 is 2.08 bits per heavy atom. The lowest BCUT2D eigenvalue weighted by atomic mass is 10.1. The van der Waals surface area contributed by atoms with Crippen LogP contribution in [0.3, 0.4) is 0 Å². The van der Waals surface area contributed by atoms with Crippen molar-refractivity contribution in [3.05, 3.63) is 35.6 Å². The summed E-state index contributed by atoms with van der Waals surface area (Å²) >= 11 is 0. The third-order valence-corrected chi connectivity index (χ3v) is 4.26. The first-order chi connectivity index (χ1) is 12.1. The largest absolute Gasteiger partial charge is 0.458 e. The zero-order chi connectivity index (χ0) is 17.6. The van der Waals surface area contributed by atoms with Gasteiger partial charge in [0.25, 0.3) is 0 Å². The van der Waals surface area contributed by atoms with Gasteiger partial charge in [0.05, 0.1) is 12.6 Å². The Bertz CT molecular complexity index is 654. The van der Waals surface area contributed by atoms with Gasteiger partial charge >= 0.3 is 5.97 Å². The molecule has 2 aliphatic heterocycles. The van der Waals surface area contributed by atoms with Crippen LogP contribution in [-0.2, 0) is 25.6 Å². The van der Waals surface area contributed by atoms with Crippen molar-refractivity contribution in [2.24, 2.45) is 5.10 Å². The Morgan fingerprint density at radius 3 is 2.80 bits per heavy atom. The molecule has 1 fully saturated rings. The minimum atomic E-state index is -0.509. The van der Waals surface area contributed by atoms with Crippen LogP contribution in [-0.4, -0.2) is 41.9 Å². The van der Waals surface area contributed by atoms with E-state index in [2.05, 4.69) is 5.10 Å². The fourth-order valence-electron chi connectivity index (χ4n) is 2.83. The first-order valence-electron chi connectivity index (χ1n) is 8.53. The molecule has 1 saturated heterocycles. The molecular formula is C18H21FN2O4. The summed E-state index contributed by atoms with van der Waals surface area (Å²) in [4.78, 5) is 24.2. The Kier molecular flexibility index (Phi) is 5.75. The standard InChI is InChI=1S/C18H21FN2O4/c19-14-6-4-13(5-7-14)11-21-17(22)9-8-16(20-21)18(23)25-12-15-3-1-2-10-24-15/h4-7,15H,1-3,8-12H2. The third-order valence-electron chi connectivity index (χ3n) is 4.26. The molecule has 1 atom stereocenters. The quantitative estimate of drug-likeness (QED) is 0.767. The van der Waals surface area contributed by atoms with Gasteiger partial charge in [0.15, 0.2) is 0 Å². The van der Waals surface area contributed by atoms with E-state index in [1.165, 1.54) is 17.1 Å². The highest BCUT2D eigenvalue weighted by molar-refractivity contribution is 6.37. The molecule has 6 nitrogen and oxygen atoms in total. The summed E-state index contributed by atoms with van der Waals surface area (Å²) < 4.78 is 23.8. The van der Waals surface area contributed by atoms with Gasteiger partial charge in [0.2, 0.25) is 5.91 Å². The summed E-state index contributed by atoms with van der Waals surface area (Å²) in [6.07, 6.45) is 3.41. The SMILES string of the molecule is O=C(OCC1CCCCO1)C1=NN(Cc2ccc(F)cc2)C(=O)CC1. The van der Waals surface area contributed by atoms with Gasteiger partial charge in [0.1, 0.15) is 18.1 Å². The van der Waals surface area contributed by atoms with Crippen LogP contribution < -0.4 is 0 Å². The number of esters is 1. The van der Waals surface area contributed by atoms with E-state index < -0.39 is 5.97 Å². The summed E-state index contributed by atoms with van der Waals surface area (Å²) in [6.45, 7) is 1.11. The molecule has 0 N–H and O–H groups in total. The van der Waals surface area contributed by atoms with Gasteiger partial charge in [-0.3, -0.25) is 4.79 Å². The normalized spacial score (nSPS) is 21.0. The van der Waals surface area contributed by atoms with Gasteiger partial charge in [0, 0.05) is 19.4 Å². The number of benzene rings is 1. The number of nitrogens with zero attached hydrogens (tertiary/aromatic N) is 2. The van der Waals surface area contributed by atoms with Crippen molar-refractivity contribution in [2.75, 3.05) is 13.2 Å². The van der Waals surface area contributed by atoms with Crippen LogP contribution >= 0.6 is 0 Å². The second-order valence-corrected chi connectivity index (χ2v) is 6.21. The maximum atomic E-state index is 13.0. The van der Waals surface area contributed by atoms with E-state index in [0.717, 1.165) is 24.8 Å². The van der Waals surface area contributed by atoms with Crippen LogP contribution in [0.4, 0.5) is 4.39 Å². The number of amides is 1. The first-order valence-corrected chi connectivity index (χ1v) is 8.53. The lowest BCUT2D eigenvalue weighted by molar-refractivity contribution is -0.141. The van der Waals surface area contributed by atoms with Crippen molar-refractivity contribution < 1.29 is 23.5 Å². The lowest BCUT2D eigenvalue weighted by Crippen LogP contribution is -2.35. The number of halogens is 1. The van der Waals surface area contributed by atoms with Crippen molar-refractivity contribution in [3.8, 4) is 0 Å². The highest BCUT2D eigenvalue weighted by Crippen LogP contribution is 2.16. The molecule has 0 aromatic heterocycles. The second kappa shape index (κ2) is 8.20. The van der Waals surface area contributed by atoms with Crippen LogP contribution in [0.1, 0.15) is 37.7 Å². The zero-order valence-corrected chi connectivity index (χ0v) is 13.9. The molecule has 2 heterocycles. The molecule has 7 heteroatoms. The molecule has 0 radical (unpaired) electrons. The molecule has 3 rings (SSSR count). The monoisotopic (exact) mass is 348 g/mol. The van der Waals surface area contributed by atoms with Crippen molar-refractivity contribution >= 4 is 17.6 Å². The average molecular weight is 348 g/mol. The highest BCUT2D eigenvalue weighted by atomic mass is 19.1. The maximum Gasteiger partial charge on any atom is 0.354 e. The fraction of sp³-hybridized carbons (Fsp3) is 0.500. The first kappa shape index (κ1) is 17.5. The fourth-order valence-corrected chi connectivity index (χ4v) is 2.83. The van der Waals surface area contributed by atoms with Crippen LogP contribution in [0.15, 0.2) is 29.4 Å². The van der Waals surface area contributed by atoms with Gasteiger partial charge < -0.3 is 9.47 Å². The Morgan fingerprint density at radius 1 is 1.28 bits per heavy atom. The van der Waals surface area contributed by atoms with Crippen LogP contribution in [0, 0.1) is 5.82 Å². The molecule has 134 valence electrons. The molecule has 2 aliphatic rings. The Hall–Kier alpha value is -2.28. The third kappa shape index (κ3) is 4.85. The van der Waals surface area contributed by atoms with Crippen LogP contribution in [0.2, 0.25) is 0 Å². The van der Waals surface area contributed by atoms with Gasteiger partial charge in [-0.2, -0.15) is 5.10 Å². The molecule has 1 aromatic carbocycles. The number of carbonyl (C=O) groups is 2. The van der Waals surface area contributed by atoms with Gasteiger partial charge in [-0.1, -0.05) is 12.1 Å². The van der Waals surface area contributed by atoms with E-state index in [0.29, 0.717) is 6.61 Å². The predicted molar refractivity (Wildman–Crippen MR) is 88.2 cm³/mol. The smallest absolute Gasteiger partial charge is 0.354 e. The van der Waals surface area contributed by atoms with Gasteiger partial charge in [-0.25, -0.2) is 14.2 Å². The average Bonchev–Trinajstić information content (AvgIpc) is 2.64. The van der Waals surface area contributed by atoms with E-state index in [9.17, 15) is 14.0 Å². The molecule has 1 aromatic rings. The predicted octanol–water partition coefficient (Wildman–Crippen LogP) is 2.42. The zero-order valence-electron chi connectivity index (χ0n) is 13.9. The van der Waals surface area contributed by atoms with E-state index >= 15 is 0 Å². The molecule has 0 bridgehead atoms. The van der Waals surface area contributed by atoms with Crippen molar-refractivity contribution in [2.45, 2.75) is 44.8 Å². The number of ether oxygens (including phenoxy) is 2. The molecule has 0 aliphatic carbocycles. The highest BCUT2D eigenvalue weighted by Gasteiger charge is 2.26. The summed E-state index contributed by atoms with van der Waals surface area (Å²) in [6, 6.07) is 5.83. The van der Waals surface area contributed by atoms with E-state index in [1.54, 1.807) is 12.1 Å². The summed E-state index contributed by atoms with van der Waals surface area (Å²) in [5.41, 5.74) is 0.973. The molecule has 0 spiro atoms. The van der Waals surface area contributed by atoms with Gasteiger partial charge in [-0.05, 0) is 37.0 Å². The molecular weight excluding hydrogens is 327 g/mol. The minimum absolute atomic E-state index is 0.0566. The maximum absolute atomic E-state index is 13.0. The summed E-state index contributed by atoms with van der Waals surface area (Å²) in [7, 11) is 0. The lowest BCUT2D eigenvalue weighted by Gasteiger charge is -2.24. The Labute approximate surface area is 145 Å². The number of hydrazone groups is 1. The van der Waals surface area contributed by atoms with E-state index in [4.69, 9.17) is 9.47 Å². The number of hydrogen-bond acceptors (Lipinski definition) is 5. The molecule has 1 amide bonds. The minimum Gasteiger partial charge on any atom is -0.458 e. The number of carbonyl (C=O) groups excluding carboxylic acids is 2. The molecule has 1 unspecified atom stereocenters. The number of hydrogen-bond donors (Lipinski definition) is 0. The topological polar surface area (TPSA) is 68.2 Å². The van der Waals surface area contributed by atoms with Gasteiger partial charge in [-0.15, -0.1) is 0 Å². The Balaban J connectivity index is 1.59. The number of rotatable bonds is 5. The van der Waals surface area contributed by atoms with Crippen LogP contribution in [0.5, 0.6) is 0 Å². The van der Waals surface area contributed by atoms with Crippen LogP contribution in [0.25, 0.3) is 0 Å². The van der Waals surface area contributed by atoms with E-state index in [-0.39, 0.29) is 49.5 Å². The molecule has 25 heavy (non-hydrogen) atoms. The summed E-state index contributed by atoms with van der Waals surface area (Å²) in [5, 5.41) is 5.38. The van der Waals surface area contributed by atoms with E-state index in [1.807, 2.05) is 0 Å². The second-order valence-electron chi connectivity index (χ2n) is 6.21. The van der Waals surface area contributed by atoms with Crippen molar-refractivity contribution in [3.63, 3.8) is 0 Å². The molecule has 0 saturated carbocycles.